The second kappa shape index (κ2) is 11.5. The number of likely N-dealkylation sites (tertiary alicyclic amines) is 1. The fourth-order valence-electron chi connectivity index (χ4n) is 4.95. The third-order valence-electron chi connectivity index (χ3n) is 7.07. The van der Waals surface area contributed by atoms with E-state index in [1.807, 2.05) is 37.5 Å². The van der Waals surface area contributed by atoms with E-state index in [1.165, 1.54) is 5.56 Å². The minimum Gasteiger partial charge on any atom is -0.491 e. The Hall–Kier alpha value is -2.93. The van der Waals surface area contributed by atoms with Gasteiger partial charge in [-0.05, 0) is 75.5 Å². The number of fused-ring (bicyclic) bond motifs is 1. The Balaban J connectivity index is 1.43. The van der Waals surface area contributed by atoms with Gasteiger partial charge in [0.1, 0.15) is 12.4 Å². The van der Waals surface area contributed by atoms with Crippen LogP contribution in [0.1, 0.15) is 61.4 Å². The largest absolute Gasteiger partial charge is 0.491 e. The van der Waals surface area contributed by atoms with Gasteiger partial charge in [-0.3, -0.25) is 19.5 Å². The number of rotatable bonds is 2. The molecule has 4 rings (SSSR count). The number of hydrogen-bond donors (Lipinski definition) is 2. The van der Waals surface area contributed by atoms with Crippen molar-refractivity contribution in [2.24, 2.45) is 5.41 Å². The molecule has 7 heteroatoms. The van der Waals surface area contributed by atoms with Crippen molar-refractivity contribution in [2.75, 3.05) is 26.2 Å². The Bertz CT molecular complexity index is 957. The van der Waals surface area contributed by atoms with Gasteiger partial charge in [0.05, 0.1) is 17.0 Å². The summed E-state index contributed by atoms with van der Waals surface area (Å²) < 4.78 is 5.97. The lowest BCUT2D eigenvalue weighted by atomic mass is 9.73. The van der Waals surface area contributed by atoms with Crippen molar-refractivity contribution < 1.29 is 14.3 Å². The molecular formula is C27H36N4O3. The van der Waals surface area contributed by atoms with Crippen LogP contribution in [0.4, 0.5) is 0 Å². The van der Waals surface area contributed by atoms with Gasteiger partial charge in [0, 0.05) is 25.5 Å². The summed E-state index contributed by atoms with van der Waals surface area (Å²) in [5, 5.41) is 6.24. The smallest absolute Gasteiger partial charge is 0.255 e. The Labute approximate surface area is 202 Å². The van der Waals surface area contributed by atoms with Crippen molar-refractivity contribution in [3.63, 3.8) is 0 Å². The van der Waals surface area contributed by atoms with Crippen LogP contribution in [0.5, 0.6) is 5.75 Å². The predicted octanol–water partition coefficient (Wildman–Crippen LogP) is 3.55. The summed E-state index contributed by atoms with van der Waals surface area (Å²) in [7, 11) is 0. The number of nitrogens with zero attached hydrogens (tertiary/aromatic N) is 2. The topological polar surface area (TPSA) is 83.6 Å². The third kappa shape index (κ3) is 6.14. The number of piperidine rings is 1. The Morgan fingerprint density at radius 3 is 2.59 bits per heavy atom. The van der Waals surface area contributed by atoms with Gasteiger partial charge < -0.3 is 15.4 Å². The summed E-state index contributed by atoms with van der Waals surface area (Å²) in [5.41, 5.74) is 1.45. The molecule has 2 aliphatic heterocycles. The highest BCUT2D eigenvalue weighted by molar-refractivity contribution is 5.96. The average molecular weight is 465 g/mol. The summed E-state index contributed by atoms with van der Waals surface area (Å²) in [5.74, 6) is 0.583. The summed E-state index contributed by atoms with van der Waals surface area (Å²) in [6.45, 7) is 5.62. The van der Waals surface area contributed by atoms with E-state index in [2.05, 4.69) is 32.7 Å². The zero-order valence-corrected chi connectivity index (χ0v) is 20.1. The molecule has 1 saturated heterocycles. The first kappa shape index (κ1) is 24.2. The van der Waals surface area contributed by atoms with Gasteiger partial charge in [0.15, 0.2) is 0 Å². The van der Waals surface area contributed by atoms with Crippen LogP contribution in [0, 0.1) is 5.41 Å². The standard InChI is InChI=1S/C27H36N4O3/c1-21-20-34-24-8-4-3-7-23(24)25(32)29-14-6-2-5-11-27(26(33)30-21)12-17-31(18-13-27)19-22-9-15-28-16-10-22/h3-4,7-10,15-16,21H,2,5-6,11-14,17-20H2,1H3,(H,29,32)(H,30,33)/t21-/m0/s1. The number of amides is 2. The maximum absolute atomic E-state index is 13.5. The average Bonchev–Trinajstić information content (AvgIpc) is 2.86. The molecule has 34 heavy (non-hydrogen) atoms. The number of para-hydroxylation sites is 1. The van der Waals surface area contributed by atoms with Gasteiger partial charge in [-0.25, -0.2) is 0 Å². The highest BCUT2D eigenvalue weighted by atomic mass is 16.5. The van der Waals surface area contributed by atoms with E-state index in [1.54, 1.807) is 6.07 Å². The number of hydrogen-bond acceptors (Lipinski definition) is 5. The minimum atomic E-state index is -0.343. The second-order valence-corrected chi connectivity index (χ2v) is 9.66. The molecule has 1 spiro atoms. The lowest BCUT2D eigenvalue weighted by Crippen LogP contribution is -2.51. The molecule has 1 aromatic carbocycles. The van der Waals surface area contributed by atoms with Crippen LogP contribution in [-0.2, 0) is 11.3 Å². The van der Waals surface area contributed by atoms with Gasteiger partial charge in [-0.1, -0.05) is 25.0 Å². The number of nitrogens with one attached hydrogen (secondary N) is 2. The van der Waals surface area contributed by atoms with E-state index in [4.69, 9.17) is 4.74 Å². The zero-order valence-electron chi connectivity index (χ0n) is 20.1. The molecule has 7 nitrogen and oxygen atoms in total. The van der Waals surface area contributed by atoms with Crippen molar-refractivity contribution in [1.29, 1.82) is 0 Å². The monoisotopic (exact) mass is 464 g/mol. The molecule has 2 amide bonds. The summed E-state index contributed by atoms with van der Waals surface area (Å²) in [4.78, 5) is 32.7. The first-order valence-electron chi connectivity index (χ1n) is 12.5. The van der Waals surface area contributed by atoms with E-state index < -0.39 is 0 Å². The van der Waals surface area contributed by atoms with Crippen molar-refractivity contribution in [3.8, 4) is 5.75 Å². The molecule has 1 aromatic heterocycles. The summed E-state index contributed by atoms with van der Waals surface area (Å²) in [6.07, 6.45) is 9.13. The number of benzene rings is 1. The van der Waals surface area contributed by atoms with Crippen LogP contribution in [0.15, 0.2) is 48.8 Å². The van der Waals surface area contributed by atoms with Crippen molar-refractivity contribution in [2.45, 2.75) is 58.0 Å². The molecule has 182 valence electrons. The molecule has 0 bridgehead atoms. The number of carbonyl (C=O) groups is 2. The normalized spacial score (nSPS) is 22.4. The van der Waals surface area contributed by atoms with E-state index in [9.17, 15) is 9.59 Å². The third-order valence-corrected chi connectivity index (χ3v) is 7.07. The zero-order chi connectivity index (χ0) is 23.8. The Kier molecular flexibility index (Phi) is 8.16. The fraction of sp³-hybridized carbons (Fsp3) is 0.519. The van der Waals surface area contributed by atoms with Gasteiger partial charge >= 0.3 is 0 Å². The molecule has 0 unspecified atom stereocenters. The van der Waals surface area contributed by atoms with Gasteiger partial charge in [0.25, 0.3) is 5.91 Å². The minimum absolute atomic E-state index is 0.111. The van der Waals surface area contributed by atoms with Gasteiger partial charge in [-0.2, -0.15) is 0 Å². The summed E-state index contributed by atoms with van der Waals surface area (Å²) in [6, 6.07) is 11.2. The molecule has 2 aromatic rings. The van der Waals surface area contributed by atoms with E-state index in [0.29, 0.717) is 24.5 Å². The van der Waals surface area contributed by atoms with Crippen molar-refractivity contribution in [1.82, 2.24) is 20.5 Å². The van der Waals surface area contributed by atoms with Crippen molar-refractivity contribution in [3.05, 3.63) is 59.9 Å². The number of carbonyl (C=O) groups excluding carboxylic acids is 2. The van der Waals surface area contributed by atoms with Crippen LogP contribution in [-0.4, -0.2) is 54.0 Å². The first-order valence-corrected chi connectivity index (χ1v) is 12.5. The maximum Gasteiger partial charge on any atom is 0.255 e. The predicted molar refractivity (Wildman–Crippen MR) is 132 cm³/mol. The molecule has 0 saturated carbocycles. The molecule has 1 fully saturated rings. The van der Waals surface area contributed by atoms with Gasteiger partial charge in [-0.15, -0.1) is 0 Å². The number of aromatic nitrogens is 1. The van der Waals surface area contributed by atoms with Crippen molar-refractivity contribution >= 4 is 11.8 Å². The molecule has 0 radical (unpaired) electrons. The Morgan fingerprint density at radius 1 is 1.03 bits per heavy atom. The lowest BCUT2D eigenvalue weighted by molar-refractivity contribution is -0.135. The SMILES string of the molecule is C[C@H]1COc2ccccc2C(=O)NCCCCCC2(CCN(Cc3ccncc3)CC2)C(=O)N1. The second-order valence-electron chi connectivity index (χ2n) is 9.66. The van der Waals surface area contributed by atoms with Gasteiger partial charge in [0.2, 0.25) is 5.91 Å². The molecule has 0 aliphatic carbocycles. The van der Waals surface area contributed by atoms with Crippen LogP contribution >= 0.6 is 0 Å². The van der Waals surface area contributed by atoms with E-state index in [0.717, 1.165) is 58.2 Å². The molecule has 2 N–H and O–H groups in total. The maximum atomic E-state index is 13.5. The molecule has 3 heterocycles. The van der Waals surface area contributed by atoms with Crippen LogP contribution in [0.25, 0.3) is 0 Å². The molecular weight excluding hydrogens is 428 g/mol. The molecule has 2 aliphatic rings. The van der Waals surface area contributed by atoms with E-state index in [-0.39, 0.29) is 23.3 Å². The highest BCUT2D eigenvalue weighted by Crippen LogP contribution is 2.38. The molecule has 1 atom stereocenters. The fourth-order valence-corrected chi connectivity index (χ4v) is 4.95. The Morgan fingerprint density at radius 2 is 1.79 bits per heavy atom. The van der Waals surface area contributed by atoms with Crippen LogP contribution < -0.4 is 15.4 Å². The summed E-state index contributed by atoms with van der Waals surface area (Å²) >= 11 is 0. The quantitative estimate of drug-likeness (QED) is 0.710. The number of ether oxygens (including phenoxy) is 1. The first-order chi connectivity index (χ1) is 16.6. The number of pyridine rings is 1. The lowest BCUT2D eigenvalue weighted by Gasteiger charge is -2.41. The highest BCUT2D eigenvalue weighted by Gasteiger charge is 2.41. The van der Waals surface area contributed by atoms with Crippen LogP contribution in [0.2, 0.25) is 0 Å². The van der Waals surface area contributed by atoms with E-state index >= 15 is 0 Å². The van der Waals surface area contributed by atoms with Crippen LogP contribution in [0.3, 0.4) is 0 Å².